The number of piperazine rings is 1. The van der Waals surface area contributed by atoms with Gasteiger partial charge in [0.2, 0.25) is 0 Å². The molecule has 1 saturated carbocycles. The fraction of sp³-hybridized carbons (Fsp3) is 0.762. The lowest BCUT2D eigenvalue weighted by atomic mass is 9.95. The third-order valence-corrected chi connectivity index (χ3v) is 6.13. The number of likely N-dealkylation sites (N-methyl/N-ethyl adjacent to an activating group) is 1. The molecule has 1 N–H and O–H groups in total. The van der Waals surface area contributed by atoms with Gasteiger partial charge in [-0.1, -0.05) is 33.1 Å². The fourth-order valence-corrected chi connectivity index (χ4v) is 4.17. The molecule has 0 radical (unpaired) electrons. The van der Waals surface area contributed by atoms with E-state index in [0.29, 0.717) is 11.7 Å². The molecule has 0 aromatic carbocycles. The maximum atomic E-state index is 12.9. The van der Waals surface area contributed by atoms with E-state index in [0.717, 1.165) is 58.2 Å². The van der Waals surface area contributed by atoms with E-state index in [1.807, 2.05) is 11.0 Å². The van der Waals surface area contributed by atoms with E-state index in [1.165, 1.54) is 38.4 Å². The lowest BCUT2D eigenvalue weighted by molar-refractivity contribution is 0.0619. The summed E-state index contributed by atoms with van der Waals surface area (Å²) in [4.78, 5) is 28.3. The van der Waals surface area contributed by atoms with Crippen molar-refractivity contribution in [2.24, 2.45) is 0 Å². The van der Waals surface area contributed by atoms with Crippen molar-refractivity contribution in [1.29, 1.82) is 0 Å². The summed E-state index contributed by atoms with van der Waals surface area (Å²) >= 11 is 0. The zero-order valence-electron chi connectivity index (χ0n) is 17.6. The van der Waals surface area contributed by atoms with Crippen LogP contribution in [0.1, 0.15) is 56.4 Å². The minimum atomic E-state index is 0.0255. The second kappa shape index (κ2) is 10.7. The number of anilines is 1. The number of rotatable bonds is 8. The molecular weight excluding hydrogens is 352 g/mol. The Morgan fingerprint density at radius 3 is 2.50 bits per heavy atom. The number of carbonyl (C=O) groups excluding carboxylic acids is 1. The average molecular weight is 389 g/mol. The molecule has 2 heterocycles. The molecule has 1 amide bonds. The molecule has 1 aromatic heterocycles. The Kier molecular flexibility index (Phi) is 8.03. The van der Waals surface area contributed by atoms with Crippen LogP contribution in [0.4, 0.5) is 5.82 Å². The summed E-state index contributed by atoms with van der Waals surface area (Å²) in [6, 6.07) is 2.30. The molecule has 2 fully saturated rings. The van der Waals surface area contributed by atoms with Gasteiger partial charge < -0.3 is 15.1 Å². The van der Waals surface area contributed by atoms with Crippen molar-refractivity contribution in [2.45, 2.75) is 52.0 Å². The van der Waals surface area contributed by atoms with Gasteiger partial charge in [0.25, 0.3) is 5.91 Å². The summed E-state index contributed by atoms with van der Waals surface area (Å²) in [7, 11) is 0. The highest BCUT2D eigenvalue weighted by Crippen LogP contribution is 2.21. The predicted octanol–water partition coefficient (Wildman–Crippen LogP) is 2.32. The number of aromatic nitrogens is 2. The first-order valence-electron chi connectivity index (χ1n) is 11.0. The SMILES string of the molecule is CCN(CC)CCN1CCN(C(=O)c2cc(NC3CCCCC3)ncn2)CC1. The summed E-state index contributed by atoms with van der Waals surface area (Å²) in [5, 5.41) is 3.49. The molecule has 1 aliphatic heterocycles. The number of carbonyl (C=O) groups is 1. The summed E-state index contributed by atoms with van der Waals surface area (Å²) in [5.41, 5.74) is 0.505. The highest BCUT2D eigenvalue weighted by Gasteiger charge is 2.23. The van der Waals surface area contributed by atoms with E-state index in [4.69, 9.17) is 0 Å². The maximum Gasteiger partial charge on any atom is 0.272 e. The van der Waals surface area contributed by atoms with E-state index in [-0.39, 0.29) is 5.91 Å². The third-order valence-electron chi connectivity index (χ3n) is 6.13. The Bertz CT molecular complexity index is 607. The first-order valence-corrected chi connectivity index (χ1v) is 11.0. The smallest absolute Gasteiger partial charge is 0.272 e. The molecule has 156 valence electrons. The lowest BCUT2D eigenvalue weighted by Gasteiger charge is -2.35. The monoisotopic (exact) mass is 388 g/mol. The largest absolute Gasteiger partial charge is 0.367 e. The van der Waals surface area contributed by atoms with Crippen LogP contribution in [0.15, 0.2) is 12.4 Å². The molecule has 1 aromatic rings. The first-order chi connectivity index (χ1) is 13.7. The Labute approximate surface area is 169 Å². The van der Waals surface area contributed by atoms with Crippen molar-refractivity contribution in [3.63, 3.8) is 0 Å². The molecule has 2 aliphatic rings. The average Bonchev–Trinajstić information content (AvgIpc) is 2.75. The van der Waals surface area contributed by atoms with Crippen LogP contribution in [0.5, 0.6) is 0 Å². The second-order valence-corrected chi connectivity index (χ2v) is 7.93. The van der Waals surface area contributed by atoms with E-state index in [9.17, 15) is 4.79 Å². The van der Waals surface area contributed by atoms with E-state index in [2.05, 4.69) is 38.9 Å². The van der Waals surface area contributed by atoms with Gasteiger partial charge >= 0.3 is 0 Å². The second-order valence-electron chi connectivity index (χ2n) is 7.93. The Balaban J connectivity index is 1.48. The lowest BCUT2D eigenvalue weighted by Crippen LogP contribution is -2.50. The van der Waals surface area contributed by atoms with E-state index in [1.54, 1.807) is 0 Å². The van der Waals surface area contributed by atoms with Crippen LogP contribution in [0, 0.1) is 0 Å². The molecule has 7 nitrogen and oxygen atoms in total. The van der Waals surface area contributed by atoms with E-state index < -0.39 is 0 Å². The van der Waals surface area contributed by atoms with Crippen molar-refractivity contribution in [2.75, 3.05) is 57.7 Å². The van der Waals surface area contributed by atoms with Gasteiger partial charge in [0.1, 0.15) is 17.8 Å². The summed E-state index contributed by atoms with van der Waals surface area (Å²) in [6.07, 6.45) is 7.75. The van der Waals surface area contributed by atoms with Crippen LogP contribution in [0.2, 0.25) is 0 Å². The van der Waals surface area contributed by atoms with Crippen molar-refractivity contribution in [3.05, 3.63) is 18.1 Å². The topological polar surface area (TPSA) is 64.6 Å². The standard InChI is InChI=1S/C21H36N6O/c1-3-25(4-2)10-11-26-12-14-27(15-13-26)21(28)19-16-20(23-17-22-19)24-18-8-6-5-7-9-18/h16-18H,3-15H2,1-2H3,(H,22,23,24). The fourth-order valence-electron chi connectivity index (χ4n) is 4.17. The molecule has 7 heteroatoms. The van der Waals surface area contributed by atoms with Crippen LogP contribution in [-0.2, 0) is 0 Å². The van der Waals surface area contributed by atoms with Crippen molar-refractivity contribution < 1.29 is 4.79 Å². The van der Waals surface area contributed by atoms with Crippen LogP contribution >= 0.6 is 0 Å². The van der Waals surface area contributed by atoms with Crippen molar-refractivity contribution in [1.82, 2.24) is 24.7 Å². The van der Waals surface area contributed by atoms with Crippen molar-refractivity contribution in [3.8, 4) is 0 Å². The van der Waals surface area contributed by atoms with Crippen LogP contribution in [0.3, 0.4) is 0 Å². The van der Waals surface area contributed by atoms with Crippen LogP contribution < -0.4 is 5.32 Å². The molecule has 3 rings (SSSR count). The molecule has 1 saturated heterocycles. The maximum absolute atomic E-state index is 12.9. The third kappa shape index (κ3) is 5.88. The molecule has 1 aliphatic carbocycles. The Morgan fingerprint density at radius 2 is 1.82 bits per heavy atom. The van der Waals surface area contributed by atoms with Gasteiger partial charge in [0, 0.05) is 51.4 Å². The van der Waals surface area contributed by atoms with Crippen LogP contribution in [-0.4, -0.2) is 89.0 Å². The molecule has 0 spiro atoms. The number of nitrogens with zero attached hydrogens (tertiary/aromatic N) is 5. The zero-order chi connectivity index (χ0) is 19.8. The normalized spacial score (nSPS) is 19.2. The van der Waals surface area contributed by atoms with Gasteiger partial charge in [0.05, 0.1) is 0 Å². The summed E-state index contributed by atoms with van der Waals surface area (Å²) in [6.45, 7) is 12.2. The van der Waals surface area contributed by atoms with Crippen LogP contribution in [0.25, 0.3) is 0 Å². The Hall–Kier alpha value is -1.73. The molecule has 0 atom stereocenters. The summed E-state index contributed by atoms with van der Waals surface area (Å²) in [5.74, 6) is 0.806. The number of hydrogen-bond donors (Lipinski definition) is 1. The molecular formula is C21H36N6O. The van der Waals surface area contributed by atoms with E-state index >= 15 is 0 Å². The molecule has 28 heavy (non-hydrogen) atoms. The van der Waals surface area contributed by atoms with Gasteiger partial charge in [0.15, 0.2) is 0 Å². The Morgan fingerprint density at radius 1 is 1.11 bits per heavy atom. The van der Waals surface area contributed by atoms with Crippen molar-refractivity contribution >= 4 is 11.7 Å². The minimum absolute atomic E-state index is 0.0255. The summed E-state index contributed by atoms with van der Waals surface area (Å²) < 4.78 is 0. The van der Waals surface area contributed by atoms with Gasteiger partial charge in [-0.3, -0.25) is 9.69 Å². The number of amides is 1. The quantitative estimate of drug-likeness (QED) is 0.737. The van der Waals surface area contributed by atoms with Gasteiger partial charge in [-0.25, -0.2) is 9.97 Å². The molecule has 0 bridgehead atoms. The molecule has 0 unspecified atom stereocenters. The number of nitrogens with one attached hydrogen (secondary N) is 1. The van der Waals surface area contributed by atoms with Gasteiger partial charge in [-0.15, -0.1) is 0 Å². The highest BCUT2D eigenvalue weighted by atomic mass is 16.2. The number of hydrogen-bond acceptors (Lipinski definition) is 6. The van der Waals surface area contributed by atoms with Gasteiger partial charge in [-0.2, -0.15) is 0 Å². The first kappa shape index (κ1) is 21.0. The van der Waals surface area contributed by atoms with Gasteiger partial charge in [-0.05, 0) is 25.9 Å². The highest BCUT2D eigenvalue weighted by molar-refractivity contribution is 5.93. The minimum Gasteiger partial charge on any atom is -0.367 e. The zero-order valence-corrected chi connectivity index (χ0v) is 17.6. The predicted molar refractivity (Wildman–Crippen MR) is 113 cm³/mol.